The van der Waals surface area contributed by atoms with Crippen LogP contribution in [0.2, 0.25) is 0 Å². The van der Waals surface area contributed by atoms with Crippen LogP contribution in [-0.4, -0.2) is 43.3 Å². The third-order valence-corrected chi connectivity index (χ3v) is 3.49. The summed E-state index contributed by atoms with van der Waals surface area (Å²) in [5.74, 6) is 0.723. The number of carbonyl (C=O) groups is 1. The number of amides is 2. The van der Waals surface area contributed by atoms with Gasteiger partial charge in [-0.3, -0.25) is 0 Å². The number of hydrogen-bond acceptors (Lipinski definition) is 2. The molecule has 1 aliphatic carbocycles. The van der Waals surface area contributed by atoms with Gasteiger partial charge in [0, 0.05) is 19.7 Å². The molecule has 4 heteroatoms. The van der Waals surface area contributed by atoms with Gasteiger partial charge < -0.3 is 15.0 Å². The minimum Gasteiger partial charge on any atom is -0.379 e. The van der Waals surface area contributed by atoms with E-state index in [4.69, 9.17) is 4.74 Å². The van der Waals surface area contributed by atoms with Gasteiger partial charge in [-0.1, -0.05) is 0 Å². The second-order valence-corrected chi connectivity index (χ2v) is 4.70. The number of hydrogen-bond donors (Lipinski definition) is 1. The Morgan fingerprint density at radius 1 is 1.47 bits per heavy atom. The summed E-state index contributed by atoms with van der Waals surface area (Å²) in [6.45, 7) is 3.56. The van der Waals surface area contributed by atoms with E-state index in [1.807, 2.05) is 11.9 Å². The van der Waals surface area contributed by atoms with Crippen molar-refractivity contribution in [2.45, 2.75) is 38.3 Å². The van der Waals surface area contributed by atoms with Crippen molar-refractivity contribution in [1.82, 2.24) is 10.2 Å². The lowest BCUT2D eigenvalue weighted by molar-refractivity contribution is 0.172. The van der Waals surface area contributed by atoms with E-state index in [9.17, 15) is 4.79 Å². The Balaban J connectivity index is 1.78. The first kappa shape index (κ1) is 10.7. The van der Waals surface area contributed by atoms with Crippen molar-refractivity contribution in [2.75, 3.05) is 20.3 Å². The van der Waals surface area contributed by atoms with Crippen LogP contribution in [0.1, 0.15) is 26.2 Å². The quantitative estimate of drug-likeness (QED) is 0.764. The summed E-state index contributed by atoms with van der Waals surface area (Å²) in [6.07, 6.45) is 3.48. The Bertz CT molecular complexity index is 235. The van der Waals surface area contributed by atoms with E-state index in [-0.39, 0.29) is 12.1 Å². The van der Waals surface area contributed by atoms with Gasteiger partial charge >= 0.3 is 6.03 Å². The standard InChI is InChI=1S/C11H20N2O2/c1-8(9-3-4-9)13(2)11(14)12-10-5-6-15-7-10/h8-10H,3-7H2,1-2H3,(H,12,14). The summed E-state index contributed by atoms with van der Waals surface area (Å²) in [7, 11) is 1.88. The lowest BCUT2D eigenvalue weighted by Crippen LogP contribution is -2.47. The lowest BCUT2D eigenvalue weighted by Gasteiger charge is -2.26. The van der Waals surface area contributed by atoms with E-state index in [1.165, 1.54) is 12.8 Å². The Morgan fingerprint density at radius 3 is 2.73 bits per heavy atom. The van der Waals surface area contributed by atoms with Crippen LogP contribution in [0.3, 0.4) is 0 Å². The fraction of sp³-hybridized carbons (Fsp3) is 0.909. The van der Waals surface area contributed by atoms with Crippen LogP contribution in [0, 0.1) is 5.92 Å². The molecular weight excluding hydrogens is 192 g/mol. The molecule has 2 aliphatic rings. The molecule has 4 nitrogen and oxygen atoms in total. The molecule has 1 saturated heterocycles. The largest absolute Gasteiger partial charge is 0.379 e. The highest BCUT2D eigenvalue weighted by molar-refractivity contribution is 5.74. The average molecular weight is 212 g/mol. The molecule has 0 spiro atoms. The molecule has 2 atom stereocenters. The Labute approximate surface area is 91.0 Å². The molecule has 0 aromatic heterocycles. The van der Waals surface area contributed by atoms with E-state index in [0.29, 0.717) is 12.6 Å². The lowest BCUT2D eigenvalue weighted by atomic mass is 10.2. The summed E-state index contributed by atoms with van der Waals surface area (Å²) in [5.41, 5.74) is 0. The number of carbonyl (C=O) groups excluding carboxylic acids is 1. The first-order valence-electron chi connectivity index (χ1n) is 5.79. The molecule has 0 radical (unpaired) electrons. The number of nitrogens with one attached hydrogen (secondary N) is 1. The zero-order chi connectivity index (χ0) is 10.8. The normalized spacial score (nSPS) is 27.5. The van der Waals surface area contributed by atoms with Crippen LogP contribution < -0.4 is 5.32 Å². The zero-order valence-electron chi connectivity index (χ0n) is 9.53. The Hall–Kier alpha value is -0.770. The first-order chi connectivity index (χ1) is 7.18. The SMILES string of the molecule is CC(C1CC1)N(C)C(=O)NC1CCOC1. The van der Waals surface area contributed by atoms with Crippen LogP contribution in [0.15, 0.2) is 0 Å². The van der Waals surface area contributed by atoms with Crippen LogP contribution in [0.4, 0.5) is 4.79 Å². The maximum atomic E-state index is 11.8. The summed E-state index contributed by atoms with van der Waals surface area (Å²) in [4.78, 5) is 13.7. The number of rotatable bonds is 3. The average Bonchev–Trinajstić information content (AvgIpc) is 2.96. The predicted molar refractivity (Wildman–Crippen MR) is 57.7 cm³/mol. The molecule has 2 unspecified atom stereocenters. The minimum atomic E-state index is 0.0462. The highest BCUT2D eigenvalue weighted by atomic mass is 16.5. The van der Waals surface area contributed by atoms with E-state index in [0.717, 1.165) is 18.9 Å². The van der Waals surface area contributed by atoms with Crippen molar-refractivity contribution in [3.05, 3.63) is 0 Å². The fourth-order valence-corrected chi connectivity index (χ4v) is 2.00. The maximum absolute atomic E-state index is 11.8. The molecule has 1 heterocycles. The Morgan fingerprint density at radius 2 is 2.20 bits per heavy atom. The van der Waals surface area contributed by atoms with Gasteiger partial charge in [0.1, 0.15) is 0 Å². The monoisotopic (exact) mass is 212 g/mol. The molecule has 2 amide bonds. The van der Waals surface area contributed by atoms with E-state index in [2.05, 4.69) is 12.2 Å². The molecular formula is C11H20N2O2. The van der Waals surface area contributed by atoms with Crippen molar-refractivity contribution in [2.24, 2.45) is 5.92 Å². The highest BCUT2D eigenvalue weighted by Crippen LogP contribution is 2.34. The summed E-state index contributed by atoms with van der Waals surface area (Å²) >= 11 is 0. The second kappa shape index (κ2) is 4.39. The van der Waals surface area contributed by atoms with Gasteiger partial charge in [0.05, 0.1) is 12.6 Å². The first-order valence-corrected chi connectivity index (χ1v) is 5.79. The van der Waals surface area contributed by atoms with Gasteiger partial charge in [-0.25, -0.2) is 4.79 Å². The van der Waals surface area contributed by atoms with Gasteiger partial charge in [-0.15, -0.1) is 0 Å². The molecule has 86 valence electrons. The fourth-order valence-electron chi connectivity index (χ4n) is 2.00. The molecule has 1 saturated carbocycles. The van der Waals surface area contributed by atoms with Gasteiger partial charge in [0.15, 0.2) is 0 Å². The van der Waals surface area contributed by atoms with Crippen molar-refractivity contribution in [1.29, 1.82) is 0 Å². The number of nitrogens with zero attached hydrogens (tertiary/aromatic N) is 1. The Kier molecular flexibility index (Phi) is 3.14. The van der Waals surface area contributed by atoms with Gasteiger partial charge in [0.25, 0.3) is 0 Å². The van der Waals surface area contributed by atoms with Crippen molar-refractivity contribution >= 4 is 6.03 Å². The molecule has 1 N–H and O–H groups in total. The molecule has 0 aromatic carbocycles. The van der Waals surface area contributed by atoms with Crippen LogP contribution in [0.5, 0.6) is 0 Å². The van der Waals surface area contributed by atoms with Crippen molar-refractivity contribution in [3.63, 3.8) is 0 Å². The van der Waals surface area contributed by atoms with Gasteiger partial charge in [-0.2, -0.15) is 0 Å². The summed E-state index contributed by atoms with van der Waals surface area (Å²) in [6, 6.07) is 0.628. The van der Waals surface area contributed by atoms with Crippen LogP contribution in [-0.2, 0) is 4.74 Å². The third kappa shape index (κ3) is 2.62. The molecule has 0 bridgehead atoms. The van der Waals surface area contributed by atoms with Crippen LogP contribution >= 0.6 is 0 Å². The minimum absolute atomic E-state index is 0.0462. The smallest absolute Gasteiger partial charge is 0.317 e. The molecule has 15 heavy (non-hydrogen) atoms. The molecule has 0 aromatic rings. The zero-order valence-corrected chi connectivity index (χ0v) is 9.53. The predicted octanol–water partition coefficient (Wildman–Crippen LogP) is 1.22. The van der Waals surface area contributed by atoms with Crippen molar-refractivity contribution in [3.8, 4) is 0 Å². The summed E-state index contributed by atoms with van der Waals surface area (Å²) in [5, 5.41) is 3.00. The number of urea groups is 1. The van der Waals surface area contributed by atoms with E-state index < -0.39 is 0 Å². The molecule has 2 fully saturated rings. The van der Waals surface area contributed by atoms with Gasteiger partial charge in [-0.05, 0) is 32.1 Å². The van der Waals surface area contributed by atoms with Gasteiger partial charge in [0.2, 0.25) is 0 Å². The topological polar surface area (TPSA) is 41.6 Å². The molecule has 2 rings (SSSR count). The highest BCUT2D eigenvalue weighted by Gasteiger charge is 2.33. The summed E-state index contributed by atoms with van der Waals surface area (Å²) < 4.78 is 5.22. The molecule has 1 aliphatic heterocycles. The number of ether oxygens (including phenoxy) is 1. The van der Waals surface area contributed by atoms with Crippen LogP contribution in [0.25, 0.3) is 0 Å². The maximum Gasteiger partial charge on any atom is 0.317 e. The third-order valence-electron chi connectivity index (χ3n) is 3.49. The second-order valence-electron chi connectivity index (χ2n) is 4.70. The van der Waals surface area contributed by atoms with E-state index >= 15 is 0 Å². The van der Waals surface area contributed by atoms with E-state index in [1.54, 1.807) is 0 Å². The van der Waals surface area contributed by atoms with Crippen molar-refractivity contribution < 1.29 is 9.53 Å².